The zero-order chi connectivity index (χ0) is 25.7. The first-order chi connectivity index (χ1) is 17.3. The number of halogens is 3. The van der Waals surface area contributed by atoms with E-state index in [9.17, 15) is 18.0 Å². The van der Waals surface area contributed by atoms with Gasteiger partial charge in [0.05, 0.1) is 29.8 Å². The molecule has 1 fully saturated rings. The van der Waals surface area contributed by atoms with E-state index in [1.54, 1.807) is 36.4 Å². The van der Waals surface area contributed by atoms with Crippen molar-refractivity contribution in [1.82, 2.24) is 10.2 Å². The summed E-state index contributed by atoms with van der Waals surface area (Å²) in [6, 6.07) is 20.8. The molecule has 4 rings (SSSR count). The lowest BCUT2D eigenvalue weighted by molar-refractivity contribution is -0.137. The first-order valence-electron chi connectivity index (χ1n) is 11.7. The van der Waals surface area contributed by atoms with E-state index < -0.39 is 11.7 Å². The fourth-order valence-electron chi connectivity index (χ4n) is 4.49. The van der Waals surface area contributed by atoms with E-state index in [1.807, 2.05) is 19.1 Å². The van der Waals surface area contributed by atoms with Crippen LogP contribution in [0.3, 0.4) is 0 Å². The topological polar surface area (TPSA) is 65.4 Å². The Bertz CT molecular complexity index is 1220. The minimum absolute atomic E-state index is 0.112. The number of hydrogen-bond donors (Lipinski definition) is 1. The molecule has 1 heterocycles. The molecule has 5 nitrogen and oxygen atoms in total. The van der Waals surface area contributed by atoms with Crippen LogP contribution < -0.4 is 10.1 Å². The second-order valence-electron chi connectivity index (χ2n) is 8.67. The molecule has 36 heavy (non-hydrogen) atoms. The van der Waals surface area contributed by atoms with Crippen LogP contribution in [0, 0.1) is 11.3 Å². The third-order valence-electron chi connectivity index (χ3n) is 6.26. The molecule has 0 aliphatic carbocycles. The minimum atomic E-state index is -4.41. The summed E-state index contributed by atoms with van der Waals surface area (Å²) in [5.41, 5.74) is 1.92. The fraction of sp³-hybridized carbons (Fsp3) is 0.286. The van der Waals surface area contributed by atoms with Crippen LogP contribution in [0.1, 0.15) is 52.0 Å². The van der Waals surface area contributed by atoms with Crippen LogP contribution in [0.2, 0.25) is 0 Å². The van der Waals surface area contributed by atoms with Gasteiger partial charge in [-0.3, -0.25) is 9.69 Å². The number of nitriles is 1. The van der Waals surface area contributed by atoms with Gasteiger partial charge in [0.25, 0.3) is 5.91 Å². The largest absolute Gasteiger partial charge is 0.494 e. The number of amides is 1. The molecule has 1 aliphatic heterocycles. The van der Waals surface area contributed by atoms with E-state index in [0.717, 1.165) is 17.7 Å². The number of nitrogens with one attached hydrogen (secondary N) is 1. The van der Waals surface area contributed by atoms with Crippen LogP contribution in [-0.2, 0) is 6.18 Å². The molecule has 1 saturated heterocycles. The highest BCUT2D eigenvalue weighted by Crippen LogP contribution is 2.35. The molecule has 1 aliphatic rings. The van der Waals surface area contributed by atoms with Crippen molar-refractivity contribution in [2.75, 3.05) is 19.7 Å². The van der Waals surface area contributed by atoms with E-state index in [4.69, 9.17) is 10.00 Å². The third-order valence-corrected chi connectivity index (χ3v) is 6.26. The molecule has 3 aromatic rings. The molecule has 1 unspecified atom stereocenters. The second kappa shape index (κ2) is 10.8. The van der Waals surface area contributed by atoms with Crippen molar-refractivity contribution in [1.29, 1.82) is 5.26 Å². The molecule has 2 atom stereocenters. The van der Waals surface area contributed by atoms with Crippen molar-refractivity contribution >= 4 is 5.91 Å². The third kappa shape index (κ3) is 5.86. The van der Waals surface area contributed by atoms with Crippen LogP contribution in [0.15, 0.2) is 72.8 Å². The maximum absolute atomic E-state index is 13.1. The Kier molecular flexibility index (Phi) is 7.61. The Morgan fingerprint density at radius 1 is 1.06 bits per heavy atom. The van der Waals surface area contributed by atoms with E-state index in [2.05, 4.69) is 16.3 Å². The zero-order valence-electron chi connectivity index (χ0n) is 19.8. The van der Waals surface area contributed by atoms with Crippen LogP contribution in [0.4, 0.5) is 13.2 Å². The normalized spacial score (nSPS) is 16.8. The Morgan fingerprint density at radius 2 is 1.67 bits per heavy atom. The Morgan fingerprint density at radius 3 is 2.22 bits per heavy atom. The molecule has 0 aromatic heterocycles. The molecule has 0 spiro atoms. The highest BCUT2D eigenvalue weighted by Gasteiger charge is 2.33. The van der Waals surface area contributed by atoms with E-state index in [-0.39, 0.29) is 18.0 Å². The minimum Gasteiger partial charge on any atom is -0.494 e. The standard InChI is InChI=1S/C28H26F3N3O2/c1-2-36-25-13-9-22(10-14-25)27(35)33-24-15-16-34(18-24)26(20-5-3-19(17-32)4-6-20)21-7-11-23(12-8-21)28(29,30)31/h3-14,24,26H,2,15-16,18H2,1H3,(H,33,35)/t24-,26?/m1/s1. The molecule has 8 heteroatoms. The lowest BCUT2D eigenvalue weighted by Gasteiger charge is -2.29. The summed E-state index contributed by atoms with van der Waals surface area (Å²) in [5, 5.41) is 12.2. The Labute approximate surface area is 208 Å². The number of hydrogen-bond acceptors (Lipinski definition) is 4. The zero-order valence-corrected chi connectivity index (χ0v) is 19.8. The van der Waals surface area contributed by atoms with Crippen molar-refractivity contribution < 1.29 is 22.7 Å². The number of ether oxygens (including phenoxy) is 1. The van der Waals surface area contributed by atoms with E-state index >= 15 is 0 Å². The van der Waals surface area contributed by atoms with Gasteiger partial charge in [0.1, 0.15) is 5.75 Å². The van der Waals surface area contributed by atoms with Crippen LogP contribution in [-0.4, -0.2) is 36.5 Å². The fourth-order valence-corrected chi connectivity index (χ4v) is 4.49. The predicted molar refractivity (Wildman–Crippen MR) is 129 cm³/mol. The SMILES string of the molecule is CCOc1ccc(C(=O)N[C@@H]2CCN(C(c3ccc(C#N)cc3)c3ccc(C(F)(F)F)cc3)C2)cc1. The number of benzene rings is 3. The number of rotatable bonds is 7. The maximum Gasteiger partial charge on any atom is 0.416 e. The van der Waals surface area contributed by atoms with Gasteiger partial charge in [-0.2, -0.15) is 18.4 Å². The van der Waals surface area contributed by atoms with Gasteiger partial charge in [-0.1, -0.05) is 24.3 Å². The molecule has 186 valence electrons. The summed E-state index contributed by atoms with van der Waals surface area (Å²) >= 11 is 0. The van der Waals surface area contributed by atoms with E-state index in [0.29, 0.717) is 48.6 Å². The van der Waals surface area contributed by atoms with Gasteiger partial charge in [-0.25, -0.2) is 0 Å². The first-order valence-corrected chi connectivity index (χ1v) is 11.7. The van der Waals surface area contributed by atoms with Crippen LogP contribution >= 0.6 is 0 Å². The molecular formula is C28H26F3N3O2. The van der Waals surface area contributed by atoms with Crippen LogP contribution in [0.25, 0.3) is 0 Å². The summed E-state index contributed by atoms with van der Waals surface area (Å²) in [7, 11) is 0. The van der Waals surface area contributed by atoms with Gasteiger partial charge in [-0.05, 0) is 73.0 Å². The smallest absolute Gasteiger partial charge is 0.416 e. The van der Waals surface area contributed by atoms with Crippen molar-refractivity contribution in [3.05, 3.63) is 101 Å². The van der Waals surface area contributed by atoms with Crippen molar-refractivity contribution in [2.45, 2.75) is 31.6 Å². The van der Waals surface area contributed by atoms with Crippen molar-refractivity contribution in [2.24, 2.45) is 0 Å². The monoisotopic (exact) mass is 493 g/mol. The predicted octanol–water partition coefficient (Wildman–Crippen LogP) is 5.57. The maximum atomic E-state index is 13.1. The van der Waals surface area contributed by atoms with Gasteiger partial charge in [0, 0.05) is 24.7 Å². The van der Waals surface area contributed by atoms with Gasteiger partial charge in [0.15, 0.2) is 0 Å². The second-order valence-corrected chi connectivity index (χ2v) is 8.67. The molecule has 1 amide bonds. The number of carbonyl (C=O) groups is 1. The van der Waals surface area contributed by atoms with Crippen molar-refractivity contribution in [3.8, 4) is 11.8 Å². The summed E-state index contributed by atoms with van der Waals surface area (Å²) in [4.78, 5) is 14.9. The molecule has 0 saturated carbocycles. The van der Waals surface area contributed by atoms with Crippen molar-refractivity contribution in [3.63, 3.8) is 0 Å². The van der Waals surface area contributed by atoms with Gasteiger partial charge in [-0.15, -0.1) is 0 Å². The number of likely N-dealkylation sites (tertiary alicyclic amines) is 1. The number of carbonyl (C=O) groups excluding carboxylic acids is 1. The summed E-state index contributed by atoms with van der Waals surface area (Å²) in [5.74, 6) is 0.511. The Balaban J connectivity index is 1.52. The average molecular weight is 494 g/mol. The summed E-state index contributed by atoms with van der Waals surface area (Å²) in [6.45, 7) is 3.62. The number of alkyl halides is 3. The van der Waals surface area contributed by atoms with Gasteiger partial charge >= 0.3 is 6.18 Å². The molecule has 0 radical (unpaired) electrons. The lowest BCUT2D eigenvalue weighted by atomic mass is 9.95. The lowest BCUT2D eigenvalue weighted by Crippen LogP contribution is -2.38. The molecule has 1 N–H and O–H groups in total. The quantitative estimate of drug-likeness (QED) is 0.468. The highest BCUT2D eigenvalue weighted by atomic mass is 19.4. The van der Waals surface area contributed by atoms with Gasteiger partial charge in [0.2, 0.25) is 0 Å². The van der Waals surface area contributed by atoms with Gasteiger partial charge < -0.3 is 10.1 Å². The molecule has 3 aromatic carbocycles. The number of nitrogens with zero attached hydrogens (tertiary/aromatic N) is 2. The Hall–Kier alpha value is -3.83. The highest BCUT2D eigenvalue weighted by molar-refractivity contribution is 5.94. The summed E-state index contributed by atoms with van der Waals surface area (Å²) in [6.07, 6.45) is -3.71. The molecular weight excluding hydrogens is 467 g/mol. The van der Waals surface area contributed by atoms with Crippen LogP contribution in [0.5, 0.6) is 5.75 Å². The molecule has 0 bridgehead atoms. The average Bonchev–Trinajstić information content (AvgIpc) is 3.33. The first kappa shape index (κ1) is 25.3. The summed E-state index contributed by atoms with van der Waals surface area (Å²) < 4.78 is 44.8. The van der Waals surface area contributed by atoms with E-state index in [1.165, 1.54) is 12.1 Å².